The predicted molar refractivity (Wildman–Crippen MR) is 274 cm³/mol. The number of amides is 6. The molecule has 3 atom stereocenters. The Kier molecular flexibility index (Phi) is 21.1. The van der Waals surface area contributed by atoms with E-state index in [9.17, 15) is 33.9 Å². The summed E-state index contributed by atoms with van der Waals surface area (Å²) in [5.41, 5.74) is 4.13. The summed E-state index contributed by atoms with van der Waals surface area (Å²) in [6, 6.07) is 47.5. The Labute approximate surface area is 427 Å². The fourth-order valence-corrected chi connectivity index (χ4v) is 6.85. The van der Waals surface area contributed by atoms with Crippen LogP contribution in [-0.2, 0) is 67.8 Å². The van der Waals surface area contributed by atoms with Crippen molar-refractivity contribution in [2.45, 2.75) is 64.3 Å². The smallest absolute Gasteiger partial charge is 0.437 e. The van der Waals surface area contributed by atoms with Gasteiger partial charge in [-0.2, -0.15) is 0 Å². The first-order valence-corrected chi connectivity index (χ1v) is 23.4. The van der Waals surface area contributed by atoms with Gasteiger partial charge in [-0.3, -0.25) is 20.2 Å². The molecule has 0 aliphatic heterocycles. The van der Waals surface area contributed by atoms with Crippen LogP contribution in [0.25, 0.3) is 0 Å². The maximum atomic E-state index is 14.2. The Balaban J connectivity index is 1.17. The molecule has 19 heteroatoms. The normalized spacial score (nSPS) is 12.3. The molecule has 6 aromatic rings. The van der Waals surface area contributed by atoms with Gasteiger partial charge in [0.15, 0.2) is 0 Å². The number of alkyl carbamates (subject to hydrolysis) is 2. The molecule has 0 saturated carbocycles. The SMILES string of the molecule is C[C@@H](NC(=O)[C@H](Cc1ccc(O)cc1)N/C(=N/C(=O)OCc1ccccc1)NC(=O)OCc1ccccc1)C(=O)NC[C@H](Cc1ccccc1)N/C(=N/C(=O)OCc1ccccc1)NC(=O)OCc1ccccc1. The highest BCUT2D eigenvalue weighted by molar-refractivity contribution is 6.01. The van der Waals surface area contributed by atoms with Crippen LogP contribution in [0.1, 0.15) is 40.3 Å². The Morgan fingerprint density at radius 3 is 1.26 bits per heavy atom. The monoisotopic (exact) mass is 1000 g/mol. The van der Waals surface area contributed by atoms with E-state index in [4.69, 9.17) is 18.9 Å². The van der Waals surface area contributed by atoms with Crippen LogP contribution in [0.15, 0.2) is 186 Å². The fraction of sp³-hybridized carbons (Fsp3) is 0.200. The molecule has 0 heterocycles. The van der Waals surface area contributed by atoms with Crippen LogP contribution in [0.3, 0.4) is 0 Å². The van der Waals surface area contributed by atoms with Gasteiger partial charge in [-0.15, -0.1) is 9.98 Å². The molecular weight excluding hydrogens is 949 g/mol. The lowest BCUT2D eigenvalue weighted by molar-refractivity contribution is -0.129. The number of hydrogen-bond donors (Lipinski definition) is 7. The number of phenolic OH excluding ortho intramolecular Hbond substituents is 1. The molecule has 0 aromatic heterocycles. The van der Waals surface area contributed by atoms with Crippen LogP contribution in [-0.4, -0.2) is 77.9 Å². The van der Waals surface area contributed by atoms with Crippen LogP contribution in [0.4, 0.5) is 19.2 Å². The van der Waals surface area contributed by atoms with Gasteiger partial charge in [-0.1, -0.05) is 164 Å². The minimum atomic E-state index is -1.31. The topological polar surface area (TPSA) is 256 Å². The number of aliphatic imine (C=N–C) groups is 2. The molecule has 0 unspecified atom stereocenters. The molecule has 74 heavy (non-hydrogen) atoms. The molecule has 0 bridgehead atoms. The van der Waals surface area contributed by atoms with E-state index in [0.717, 1.165) is 5.56 Å². The van der Waals surface area contributed by atoms with E-state index in [1.54, 1.807) is 121 Å². The Morgan fingerprint density at radius 1 is 0.446 bits per heavy atom. The number of aromatic hydroxyl groups is 1. The van der Waals surface area contributed by atoms with Gasteiger partial charge in [0.2, 0.25) is 23.7 Å². The average Bonchev–Trinajstić information content (AvgIpc) is 3.41. The minimum absolute atomic E-state index is 0.0283. The van der Waals surface area contributed by atoms with E-state index in [1.807, 2.05) is 42.5 Å². The van der Waals surface area contributed by atoms with Crippen molar-refractivity contribution >= 4 is 48.1 Å². The summed E-state index contributed by atoms with van der Waals surface area (Å²) < 4.78 is 21.5. The molecule has 0 fully saturated rings. The Morgan fingerprint density at radius 2 is 0.824 bits per heavy atom. The third-order valence-corrected chi connectivity index (χ3v) is 10.6. The number of guanidine groups is 2. The van der Waals surface area contributed by atoms with Crippen molar-refractivity contribution in [2.24, 2.45) is 9.98 Å². The van der Waals surface area contributed by atoms with Crippen molar-refractivity contribution in [1.82, 2.24) is 31.9 Å². The van der Waals surface area contributed by atoms with Crippen molar-refractivity contribution < 1.29 is 52.8 Å². The second-order valence-electron chi connectivity index (χ2n) is 16.4. The number of rotatable bonds is 19. The zero-order chi connectivity index (χ0) is 52.3. The van der Waals surface area contributed by atoms with E-state index in [2.05, 4.69) is 41.9 Å². The third-order valence-electron chi connectivity index (χ3n) is 10.6. The van der Waals surface area contributed by atoms with Crippen LogP contribution in [0.2, 0.25) is 0 Å². The van der Waals surface area contributed by atoms with Gasteiger partial charge in [0.05, 0.1) is 6.04 Å². The summed E-state index contributed by atoms with van der Waals surface area (Å²) in [7, 11) is 0. The number of carbonyl (C=O) groups excluding carboxylic acids is 6. The van der Waals surface area contributed by atoms with Gasteiger partial charge in [-0.05, 0) is 58.9 Å². The quantitative estimate of drug-likeness (QED) is 0.0247. The number of hydrogen-bond acceptors (Lipinski definition) is 11. The van der Waals surface area contributed by atoms with Gasteiger partial charge in [-0.25, -0.2) is 19.2 Å². The van der Waals surface area contributed by atoms with Crippen molar-refractivity contribution in [3.63, 3.8) is 0 Å². The van der Waals surface area contributed by atoms with Gasteiger partial charge in [0.1, 0.15) is 44.3 Å². The number of carbonyl (C=O) groups is 6. The van der Waals surface area contributed by atoms with Gasteiger partial charge >= 0.3 is 24.4 Å². The molecule has 0 saturated heterocycles. The molecule has 6 rings (SSSR count). The standard InChI is InChI=1S/C55H56N8O11/c1-38(48(65)56-33-45(31-39-17-7-2-8-18-39)58-50(60-52(67)71-34-41-19-9-3-10-20-41)61-53(68)72-35-42-21-11-4-12-22-42)57-49(66)47(32-40-27-29-46(64)30-28-40)59-51(62-54(69)73-36-43-23-13-5-14-24-43)63-55(70)74-37-44-25-15-6-16-26-44/h2-30,38,45,47,64H,31-37H2,1H3,(H,56,65)(H,57,66)(H2,58,60,61,67,68)(H2,59,62,63,69,70)/t38-,45+,47+/m1/s1. The molecule has 7 N–H and O–H groups in total. The number of ether oxygens (including phenoxy) is 4. The van der Waals surface area contributed by atoms with Crippen molar-refractivity contribution in [2.75, 3.05) is 6.54 Å². The Bertz CT molecular complexity index is 2810. The first kappa shape index (κ1) is 53.8. The van der Waals surface area contributed by atoms with E-state index in [1.165, 1.54) is 19.1 Å². The molecule has 19 nitrogen and oxygen atoms in total. The largest absolute Gasteiger partial charge is 0.508 e. The molecule has 6 aromatic carbocycles. The molecule has 0 radical (unpaired) electrons. The first-order chi connectivity index (χ1) is 35.9. The van der Waals surface area contributed by atoms with Crippen LogP contribution >= 0.6 is 0 Å². The summed E-state index contributed by atoms with van der Waals surface area (Å²) in [5.74, 6) is -2.24. The van der Waals surface area contributed by atoms with E-state index in [-0.39, 0.29) is 57.5 Å². The highest BCUT2D eigenvalue weighted by Crippen LogP contribution is 2.13. The first-order valence-electron chi connectivity index (χ1n) is 23.4. The average molecular weight is 1010 g/mol. The minimum Gasteiger partial charge on any atom is -0.508 e. The number of nitrogens with one attached hydrogen (secondary N) is 6. The third kappa shape index (κ3) is 19.7. The van der Waals surface area contributed by atoms with Crippen molar-refractivity contribution in [3.05, 3.63) is 209 Å². The molecule has 0 aliphatic rings. The molecule has 0 spiro atoms. The highest BCUT2D eigenvalue weighted by Gasteiger charge is 2.27. The van der Waals surface area contributed by atoms with Crippen molar-refractivity contribution in [3.8, 4) is 5.75 Å². The maximum absolute atomic E-state index is 14.2. The summed E-state index contributed by atoms with van der Waals surface area (Å²) in [4.78, 5) is 88.5. The van der Waals surface area contributed by atoms with Crippen LogP contribution in [0.5, 0.6) is 5.75 Å². The molecular formula is C55H56N8O11. The summed E-state index contributed by atoms with van der Waals surface area (Å²) in [6.07, 6.45) is -3.92. The van der Waals surface area contributed by atoms with Crippen LogP contribution in [0, 0.1) is 0 Å². The van der Waals surface area contributed by atoms with Gasteiger partial charge in [0, 0.05) is 13.0 Å². The van der Waals surface area contributed by atoms with E-state index >= 15 is 0 Å². The fourth-order valence-electron chi connectivity index (χ4n) is 6.85. The lowest BCUT2D eigenvalue weighted by Crippen LogP contribution is -2.57. The number of benzene rings is 6. The Hall–Kier alpha value is -9.52. The van der Waals surface area contributed by atoms with E-state index < -0.39 is 60.3 Å². The zero-order valence-corrected chi connectivity index (χ0v) is 40.3. The highest BCUT2D eigenvalue weighted by atomic mass is 16.6. The van der Waals surface area contributed by atoms with Gasteiger partial charge in [0.25, 0.3) is 0 Å². The summed E-state index contributed by atoms with van der Waals surface area (Å²) in [5, 5.41) is 26.2. The zero-order valence-electron chi connectivity index (χ0n) is 40.3. The molecule has 382 valence electrons. The number of phenols is 1. The molecule has 0 aliphatic carbocycles. The second-order valence-corrected chi connectivity index (χ2v) is 16.4. The summed E-state index contributed by atoms with van der Waals surface area (Å²) in [6.45, 7) is 0.869. The second kappa shape index (κ2) is 29.0. The number of nitrogens with zero attached hydrogens (tertiary/aromatic N) is 2. The van der Waals surface area contributed by atoms with Crippen LogP contribution < -0.4 is 31.9 Å². The van der Waals surface area contributed by atoms with Crippen molar-refractivity contribution in [1.29, 1.82) is 0 Å². The predicted octanol–water partition coefficient (Wildman–Crippen LogP) is 6.95. The molecule has 6 amide bonds. The summed E-state index contributed by atoms with van der Waals surface area (Å²) >= 11 is 0. The van der Waals surface area contributed by atoms with E-state index in [0.29, 0.717) is 27.8 Å². The lowest BCUT2D eigenvalue weighted by Gasteiger charge is -2.24. The maximum Gasteiger partial charge on any atom is 0.437 e. The lowest BCUT2D eigenvalue weighted by atomic mass is 10.0. The van der Waals surface area contributed by atoms with Gasteiger partial charge < -0.3 is 45.3 Å².